The maximum Gasteiger partial charge on any atom is 0.320 e. The molecule has 7 heteroatoms. The maximum absolute atomic E-state index is 11.2. The van der Waals surface area contributed by atoms with E-state index in [2.05, 4.69) is 10.2 Å². The molecule has 15 heavy (non-hydrogen) atoms. The van der Waals surface area contributed by atoms with Gasteiger partial charge < -0.3 is 10.9 Å². The van der Waals surface area contributed by atoms with Gasteiger partial charge in [-0.3, -0.25) is 4.79 Å². The number of nitrogens with zero attached hydrogens (tertiary/aromatic N) is 3. The smallest absolute Gasteiger partial charge is 0.320 e. The van der Waals surface area contributed by atoms with Crippen LogP contribution in [0.25, 0.3) is 0 Å². The van der Waals surface area contributed by atoms with Crippen molar-refractivity contribution >= 4 is 17.7 Å². The van der Waals surface area contributed by atoms with Crippen LogP contribution in [0.5, 0.6) is 0 Å². The number of nitrogens with two attached hydrogens (primary N) is 1. The van der Waals surface area contributed by atoms with E-state index in [-0.39, 0.29) is 0 Å². The molecule has 6 nitrogen and oxygen atoms in total. The Morgan fingerprint density at radius 1 is 1.67 bits per heavy atom. The number of thioether (sulfide) groups is 1. The van der Waals surface area contributed by atoms with Crippen molar-refractivity contribution in [3.05, 3.63) is 6.33 Å². The molecule has 1 aromatic rings. The van der Waals surface area contributed by atoms with Crippen molar-refractivity contribution in [1.29, 1.82) is 0 Å². The SMILES string of the molecule is CCC(CC)(Sc1nncn1N)C(=O)O. The minimum Gasteiger partial charge on any atom is -0.480 e. The van der Waals surface area contributed by atoms with Gasteiger partial charge in [0.2, 0.25) is 5.16 Å². The Morgan fingerprint density at radius 3 is 2.60 bits per heavy atom. The van der Waals surface area contributed by atoms with E-state index < -0.39 is 10.7 Å². The van der Waals surface area contributed by atoms with Gasteiger partial charge in [-0.05, 0) is 12.8 Å². The second-order valence-electron chi connectivity index (χ2n) is 3.13. The van der Waals surface area contributed by atoms with Gasteiger partial charge in [-0.25, -0.2) is 4.68 Å². The second kappa shape index (κ2) is 4.52. The highest BCUT2D eigenvalue weighted by molar-refractivity contribution is 8.01. The Balaban J connectivity index is 2.93. The average molecular weight is 230 g/mol. The molecule has 84 valence electrons. The van der Waals surface area contributed by atoms with Crippen LogP contribution in [0, 0.1) is 0 Å². The predicted molar refractivity (Wildman–Crippen MR) is 57.0 cm³/mol. The summed E-state index contributed by atoms with van der Waals surface area (Å²) < 4.78 is 0.359. The fraction of sp³-hybridized carbons (Fsp3) is 0.625. The molecule has 0 atom stereocenters. The van der Waals surface area contributed by atoms with Gasteiger partial charge in [0.1, 0.15) is 11.1 Å². The van der Waals surface area contributed by atoms with E-state index in [0.717, 1.165) is 11.8 Å². The third kappa shape index (κ3) is 2.23. The van der Waals surface area contributed by atoms with Crippen LogP contribution in [-0.4, -0.2) is 30.7 Å². The number of nitrogen functional groups attached to an aromatic ring is 1. The lowest BCUT2D eigenvalue weighted by atomic mass is 10.0. The fourth-order valence-electron chi connectivity index (χ4n) is 1.22. The second-order valence-corrected chi connectivity index (χ2v) is 4.48. The van der Waals surface area contributed by atoms with Gasteiger partial charge >= 0.3 is 5.97 Å². The van der Waals surface area contributed by atoms with Gasteiger partial charge in [0.15, 0.2) is 0 Å². The molecule has 0 saturated carbocycles. The van der Waals surface area contributed by atoms with Crippen LogP contribution in [0.15, 0.2) is 11.5 Å². The molecule has 0 amide bonds. The number of hydrogen-bond donors (Lipinski definition) is 2. The average Bonchev–Trinajstić information content (AvgIpc) is 2.60. The monoisotopic (exact) mass is 230 g/mol. The Hall–Kier alpha value is -1.24. The molecule has 0 fully saturated rings. The lowest BCUT2D eigenvalue weighted by Crippen LogP contribution is -2.34. The number of carboxylic acid groups (broad SMARTS) is 1. The topological polar surface area (TPSA) is 94.0 Å². The number of rotatable bonds is 5. The molecule has 0 spiro atoms. The quantitative estimate of drug-likeness (QED) is 0.572. The Labute approximate surface area is 91.8 Å². The van der Waals surface area contributed by atoms with Crippen LogP contribution in [0.2, 0.25) is 0 Å². The van der Waals surface area contributed by atoms with E-state index in [1.807, 2.05) is 13.8 Å². The molecule has 0 aromatic carbocycles. The van der Waals surface area contributed by atoms with E-state index in [9.17, 15) is 9.90 Å². The summed E-state index contributed by atoms with van der Waals surface area (Å²) >= 11 is 1.14. The molecule has 0 aliphatic carbocycles. The van der Waals surface area contributed by atoms with Crippen molar-refractivity contribution in [2.45, 2.75) is 36.6 Å². The third-order valence-electron chi connectivity index (χ3n) is 2.36. The first-order chi connectivity index (χ1) is 7.05. The highest BCUT2D eigenvalue weighted by Gasteiger charge is 2.37. The zero-order valence-electron chi connectivity index (χ0n) is 8.67. The van der Waals surface area contributed by atoms with E-state index in [1.165, 1.54) is 11.0 Å². The Kier molecular flexibility index (Phi) is 3.57. The number of carboxylic acids is 1. The summed E-state index contributed by atoms with van der Waals surface area (Å²) in [6, 6.07) is 0. The molecule has 0 saturated heterocycles. The summed E-state index contributed by atoms with van der Waals surface area (Å²) in [6.45, 7) is 3.67. The van der Waals surface area contributed by atoms with Crippen LogP contribution < -0.4 is 5.84 Å². The van der Waals surface area contributed by atoms with Crippen LogP contribution in [0.4, 0.5) is 0 Å². The minimum absolute atomic E-state index is 0.418. The molecule has 1 rings (SSSR count). The first-order valence-corrected chi connectivity index (χ1v) is 5.45. The van der Waals surface area contributed by atoms with Gasteiger partial charge in [0, 0.05) is 0 Å². The first kappa shape index (κ1) is 11.8. The normalized spacial score (nSPS) is 11.6. The zero-order valence-corrected chi connectivity index (χ0v) is 9.49. The van der Waals surface area contributed by atoms with Crippen molar-refractivity contribution in [3.63, 3.8) is 0 Å². The van der Waals surface area contributed by atoms with Crippen molar-refractivity contribution in [2.24, 2.45) is 0 Å². The lowest BCUT2D eigenvalue weighted by molar-refractivity contribution is -0.140. The summed E-state index contributed by atoms with van der Waals surface area (Å²) in [4.78, 5) is 11.2. The highest BCUT2D eigenvalue weighted by atomic mass is 32.2. The maximum atomic E-state index is 11.2. The van der Waals surface area contributed by atoms with E-state index in [1.54, 1.807) is 0 Å². The van der Waals surface area contributed by atoms with Crippen LogP contribution in [-0.2, 0) is 4.79 Å². The molecule has 1 aromatic heterocycles. The van der Waals surface area contributed by atoms with Crippen LogP contribution in [0.3, 0.4) is 0 Å². The summed E-state index contributed by atoms with van der Waals surface area (Å²) in [5.41, 5.74) is 0. The van der Waals surface area contributed by atoms with Crippen molar-refractivity contribution in [1.82, 2.24) is 14.9 Å². The zero-order chi connectivity index (χ0) is 11.5. The number of carbonyl (C=O) groups is 1. The molecule has 0 radical (unpaired) electrons. The standard InChI is InChI=1S/C8H14N4O2S/c1-3-8(4-2,6(13)14)15-7-11-10-5-12(7)9/h5H,3-4,9H2,1-2H3,(H,13,14). The molecular formula is C8H14N4O2S. The van der Waals surface area contributed by atoms with Gasteiger partial charge in [-0.2, -0.15) is 0 Å². The molecule has 0 aliphatic rings. The van der Waals surface area contributed by atoms with Crippen LogP contribution >= 0.6 is 11.8 Å². The minimum atomic E-state index is -0.871. The predicted octanol–water partition coefficient (Wildman–Crippen LogP) is 0.727. The number of hydrogen-bond acceptors (Lipinski definition) is 5. The summed E-state index contributed by atoms with van der Waals surface area (Å²) in [6.07, 6.45) is 2.37. The Morgan fingerprint density at radius 2 is 2.27 bits per heavy atom. The summed E-state index contributed by atoms with van der Waals surface area (Å²) in [5.74, 6) is 4.69. The molecule has 0 unspecified atom stereocenters. The summed E-state index contributed by atoms with van der Waals surface area (Å²) in [7, 11) is 0. The fourth-order valence-corrected chi connectivity index (χ4v) is 2.19. The molecular weight excluding hydrogens is 216 g/mol. The molecule has 3 N–H and O–H groups in total. The number of aromatic nitrogens is 3. The molecule has 1 heterocycles. The van der Waals surface area contributed by atoms with Crippen molar-refractivity contribution in [2.75, 3.05) is 5.84 Å². The largest absolute Gasteiger partial charge is 0.480 e. The first-order valence-electron chi connectivity index (χ1n) is 4.63. The highest BCUT2D eigenvalue weighted by Crippen LogP contribution is 2.37. The van der Waals surface area contributed by atoms with Crippen LogP contribution in [0.1, 0.15) is 26.7 Å². The van der Waals surface area contributed by atoms with Gasteiger partial charge in [-0.15, -0.1) is 10.2 Å². The third-order valence-corrected chi connectivity index (χ3v) is 3.98. The van der Waals surface area contributed by atoms with Gasteiger partial charge in [0.25, 0.3) is 0 Å². The molecule has 0 bridgehead atoms. The van der Waals surface area contributed by atoms with E-state index in [4.69, 9.17) is 5.84 Å². The number of aliphatic carboxylic acids is 1. The molecule has 0 aliphatic heterocycles. The van der Waals surface area contributed by atoms with E-state index in [0.29, 0.717) is 18.0 Å². The van der Waals surface area contributed by atoms with E-state index >= 15 is 0 Å². The van der Waals surface area contributed by atoms with Crippen molar-refractivity contribution in [3.8, 4) is 0 Å². The van der Waals surface area contributed by atoms with Gasteiger partial charge in [0.05, 0.1) is 0 Å². The summed E-state index contributed by atoms with van der Waals surface area (Å²) in [5, 5.41) is 17.0. The van der Waals surface area contributed by atoms with Gasteiger partial charge in [-0.1, -0.05) is 25.6 Å². The Bertz CT molecular complexity index is 348. The lowest BCUT2D eigenvalue weighted by Gasteiger charge is -2.24. The van der Waals surface area contributed by atoms with Crippen molar-refractivity contribution < 1.29 is 9.90 Å².